The van der Waals surface area contributed by atoms with Gasteiger partial charge >= 0.3 is 0 Å². The number of benzene rings is 1. The fourth-order valence-corrected chi connectivity index (χ4v) is 3.92. The highest BCUT2D eigenvalue weighted by molar-refractivity contribution is 5.84. The van der Waals surface area contributed by atoms with Crippen molar-refractivity contribution in [2.45, 2.75) is 31.7 Å². The molecule has 25 heavy (non-hydrogen) atoms. The molecular weight excluding hydrogens is 312 g/mol. The van der Waals surface area contributed by atoms with Crippen LogP contribution in [-0.4, -0.2) is 19.2 Å². The highest BCUT2D eigenvalue weighted by Crippen LogP contribution is 2.29. The summed E-state index contributed by atoms with van der Waals surface area (Å²) in [6, 6.07) is 12.4. The molecule has 1 aromatic carbocycles. The Kier molecular flexibility index (Phi) is 3.20. The summed E-state index contributed by atoms with van der Waals surface area (Å²) in [7, 11) is 0. The molecular formula is C20H18N4O. The van der Waals surface area contributed by atoms with Gasteiger partial charge in [0.2, 0.25) is 0 Å². The molecule has 1 fully saturated rings. The van der Waals surface area contributed by atoms with Crippen LogP contribution >= 0.6 is 0 Å². The van der Waals surface area contributed by atoms with Crippen LogP contribution in [0.5, 0.6) is 0 Å². The monoisotopic (exact) mass is 330 g/mol. The molecule has 0 aliphatic heterocycles. The van der Waals surface area contributed by atoms with E-state index in [1.807, 2.05) is 53.4 Å². The van der Waals surface area contributed by atoms with Gasteiger partial charge in [0.05, 0.1) is 17.1 Å². The van der Waals surface area contributed by atoms with Gasteiger partial charge in [0, 0.05) is 24.0 Å². The molecule has 1 aliphatic carbocycles. The van der Waals surface area contributed by atoms with E-state index in [1.165, 1.54) is 12.8 Å². The summed E-state index contributed by atoms with van der Waals surface area (Å²) in [6.07, 6.45) is 10.0. The molecule has 0 saturated heterocycles. The fraction of sp³-hybridized carbons (Fsp3) is 0.250. The first-order valence-electron chi connectivity index (χ1n) is 8.76. The molecule has 1 saturated carbocycles. The van der Waals surface area contributed by atoms with Gasteiger partial charge in [-0.05, 0) is 24.5 Å². The van der Waals surface area contributed by atoms with Gasteiger partial charge in [-0.3, -0.25) is 4.79 Å². The smallest absolute Gasteiger partial charge is 0.261 e. The van der Waals surface area contributed by atoms with Gasteiger partial charge in [0.1, 0.15) is 0 Å². The topological polar surface area (TPSA) is 52.2 Å². The van der Waals surface area contributed by atoms with E-state index in [-0.39, 0.29) is 5.56 Å². The first-order valence-corrected chi connectivity index (χ1v) is 8.76. The van der Waals surface area contributed by atoms with E-state index in [1.54, 1.807) is 10.7 Å². The molecule has 5 heteroatoms. The van der Waals surface area contributed by atoms with Crippen LogP contribution < -0.4 is 5.56 Å². The molecule has 0 bridgehead atoms. The lowest BCUT2D eigenvalue weighted by molar-refractivity contribution is 0.505. The van der Waals surface area contributed by atoms with E-state index in [0.29, 0.717) is 11.4 Å². The number of hydrogen-bond donors (Lipinski definition) is 0. The summed E-state index contributed by atoms with van der Waals surface area (Å²) in [5.41, 5.74) is 3.67. The Balaban J connectivity index is 1.73. The SMILES string of the molecule is O=c1c2cnc3c(-c4ccccc4)cnn3c2ccn1C1CCCC1. The zero-order valence-electron chi connectivity index (χ0n) is 13.8. The Bertz CT molecular complexity index is 1120. The summed E-state index contributed by atoms with van der Waals surface area (Å²) in [5.74, 6) is 0. The number of nitrogens with zero attached hydrogens (tertiary/aromatic N) is 4. The zero-order chi connectivity index (χ0) is 16.8. The van der Waals surface area contributed by atoms with Crippen LogP contribution in [0.2, 0.25) is 0 Å². The van der Waals surface area contributed by atoms with Crippen molar-refractivity contribution in [3.05, 3.63) is 65.3 Å². The van der Waals surface area contributed by atoms with E-state index in [9.17, 15) is 4.79 Å². The van der Waals surface area contributed by atoms with Crippen LogP contribution in [0.3, 0.4) is 0 Å². The largest absolute Gasteiger partial charge is 0.312 e. The van der Waals surface area contributed by atoms with Crippen LogP contribution in [-0.2, 0) is 0 Å². The second-order valence-electron chi connectivity index (χ2n) is 6.68. The zero-order valence-corrected chi connectivity index (χ0v) is 13.8. The Morgan fingerprint density at radius 2 is 1.80 bits per heavy atom. The number of aromatic nitrogens is 4. The lowest BCUT2D eigenvalue weighted by Gasteiger charge is -2.14. The van der Waals surface area contributed by atoms with E-state index >= 15 is 0 Å². The predicted octanol–water partition coefficient (Wildman–Crippen LogP) is 3.83. The number of rotatable bonds is 2. The standard InChI is InChI=1S/C20H18N4O/c25-20-17-12-21-19-16(14-6-2-1-3-7-14)13-22-24(19)18(17)10-11-23(20)15-8-4-5-9-15/h1-3,6-7,10-13,15H,4-5,8-9H2. The number of hydrogen-bond acceptors (Lipinski definition) is 3. The molecule has 4 aromatic rings. The Labute approximate surface area is 144 Å². The lowest BCUT2D eigenvalue weighted by Crippen LogP contribution is -2.23. The average molecular weight is 330 g/mol. The lowest BCUT2D eigenvalue weighted by atomic mass is 10.1. The minimum atomic E-state index is 0.0376. The van der Waals surface area contributed by atoms with Gasteiger partial charge in [-0.1, -0.05) is 43.2 Å². The van der Waals surface area contributed by atoms with Crippen molar-refractivity contribution in [3.8, 4) is 11.1 Å². The Morgan fingerprint density at radius 1 is 1.00 bits per heavy atom. The summed E-state index contributed by atoms with van der Waals surface area (Å²) >= 11 is 0. The fourth-order valence-electron chi connectivity index (χ4n) is 3.92. The first-order chi connectivity index (χ1) is 12.3. The van der Waals surface area contributed by atoms with Crippen molar-refractivity contribution in [1.29, 1.82) is 0 Å². The molecule has 3 aromatic heterocycles. The number of pyridine rings is 1. The van der Waals surface area contributed by atoms with Gasteiger partial charge in [-0.15, -0.1) is 0 Å². The first kappa shape index (κ1) is 14.4. The summed E-state index contributed by atoms with van der Waals surface area (Å²) < 4.78 is 3.66. The molecule has 0 amide bonds. The van der Waals surface area contributed by atoms with E-state index in [2.05, 4.69) is 10.1 Å². The van der Waals surface area contributed by atoms with Crippen LogP contribution in [0, 0.1) is 0 Å². The van der Waals surface area contributed by atoms with E-state index in [0.717, 1.165) is 35.1 Å². The highest BCUT2D eigenvalue weighted by atomic mass is 16.1. The van der Waals surface area contributed by atoms with Gasteiger partial charge in [-0.25, -0.2) is 9.50 Å². The average Bonchev–Trinajstić information content (AvgIpc) is 3.32. The van der Waals surface area contributed by atoms with Crippen LogP contribution in [0.25, 0.3) is 27.7 Å². The third kappa shape index (κ3) is 2.19. The van der Waals surface area contributed by atoms with Gasteiger partial charge in [-0.2, -0.15) is 5.10 Å². The summed E-state index contributed by atoms with van der Waals surface area (Å²) in [4.78, 5) is 17.5. The quantitative estimate of drug-likeness (QED) is 0.561. The van der Waals surface area contributed by atoms with E-state index in [4.69, 9.17) is 0 Å². The van der Waals surface area contributed by atoms with Crippen LogP contribution in [0.15, 0.2) is 59.8 Å². The van der Waals surface area contributed by atoms with E-state index < -0.39 is 0 Å². The molecule has 0 N–H and O–H groups in total. The van der Waals surface area contributed by atoms with Gasteiger partial charge in [0.15, 0.2) is 5.65 Å². The molecule has 0 unspecified atom stereocenters. The molecule has 1 aliphatic rings. The molecule has 5 rings (SSSR count). The molecule has 0 radical (unpaired) electrons. The second kappa shape index (κ2) is 5.55. The van der Waals surface area contributed by atoms with Crippen molar-refractivity contribution in [2.75, 3.05) is 0 Å². The third-order valence-electron chi connectivity index (χ3n) is 5.22. The normalized spacial score (nSPS) is 15.4. The highest BCUT2D eigenvalue weighted by Gasteiger charge is 2.19. The van der Waals surface area contributed by atoms with Crippen molar-refractivity contribution in [3.63, 3.8) is 0 Å². The van der Waals surface area contributed by atoms with Crippen molar-refractivity contribution >= 4 is 16.6 Å². The minimum Gasteiger partial charge on any atom is -0.312 e. The third-order valence-corrected chi connectivity index (χ3v) is 5.22. The maximum Gasteiger partial charge on any atom is 0.261 e. The second-order valence-corrected chi connectivity index (χ2v) is 6.68. The predicted molar refractivity (Wildman–Crippen MR) is 97.7 cm³/mol. The summed E-state index contributed by atoms with van der Waals surface area (Å²) in [5, 5.41) is 5.13. The van der Waals surface area contributed by atoms with Crippen molar-refractivity contribution in [1.82, 2.24) is 19.2 Å². The van der Waals surface area contributed by atoms with Crippen molar-refractivity contribution in [2.24, 2.45) is 0 Å². The molecule has 124 valence electrons. The maximum absolute atomic E-state index is 12.9. The van der Waals surface area contributed by atoms with Crippen LogP contribution in [0.1, 0.15) is 31.7 Å². The van der Waals surface area contributed by atoms with Crippen LogP contribution in [0.4, 0.5) is 0 Å². The Hall–Kier alpha value is -2.95. The number of fused-ring (bicyclic) bond motifs is 3. The maximum atomic E-state index is 12.9. The minimum absolute atomic E-state index is 0.0376. The molecule has 5 nitrogen and oxygen atoms in total. The molecule has 3 heterocycles. The van der Waals surface area contributed by atoms with Gasteiger partial charge in [0.25, 0.3) is 5.56 Å². The van der Waals surface area contributed by atoms with Gasteiger partial charge < -0.3 is 4.57 Å². The Morgan fingerprint density at radius 3 is 2.60 bits per heavy atom. The molecule has 0 spiro atoms. The van der Waals surface area contributed by atoms with Crippen molar-refractivity contribution < 1.29 is 0 Å². The molecule has 0 atom stereocenters. The summed E-state index contributed by atoms with van der Waals surface area (Å²) in [6.45, 7) is 0.